The molecule has 1 heterocycles. The van der Waals surface area contributed by atoms with E-state index in [2.05, 4.69) is 25.9 Å². The highest BCUT2D eigenvalue weighted by molar-refractivity contribution is 9.10. The van der Waals surface area contributed by atoms with Crippen molar-refractivity contribution in [1.82, 2.24) is 9.97 Å². The molecule has 122 valence electrons. The summed E-state index contributed by atoms with van der Waals surface area (Å²) < 4.78 is 11.4. The lowest BCUT2D eigenvalue weighted by Crippen LogP contribution is -2.12. The Kier molecular flexibility index (Phi) is 5.60. The lowest BCUT2D eigenvalue weighted by atomic mass is 10.1. The Bertz CT molecular complexity index is 782. The van der Waals surface area contributed by atoms with Crippen molar-refractivity contribution in [3.63, 3.8) is 0 Å². The van der Waals surface area contributed by atoms with Crippen LogP contribution in [0.2, 0.25) is 0 Å². The van der Waals surface area contributed by atoms with E-state index in [9.17, 15) is 4.79 Å². The molecule has 2 rings (SSSR count). The summed E-state index contributed by atoms with van der Waals surface area (Å²) in [5.41, 5.74) is 1.35. The molecule has 1 N–H and O–H groups in total. The predicted molar refractivity (Wildman–Crippen MR) is 95.1 cm³/mol. The van der Waals surface area contributed by atoms with Crippen LogP contribution in [0.5, 0.6) is 11.5 Å². The lowest BCUT2D eigenvalue weighted by Gasteiger charge is -2.10. The number of halogens is 1. The van der Waals surface area contributed by atoms with Crippen molar-refractivity contribution in [3.05, 3.63) is 50.1 Å². The van der Waals surface area contributed by atoms with Gasteiger partial charge < -0.3 is 14.5 Å². The number of nitrogens with zero attached hydrogens (tertiary/aromatic N) is 1. The van der Waals surface area contributed by atoms with E-state index < -0.39 is 0 Å². The maximum Gasteiger partial charge on any atom is 0.251 e. The zero-order valence-electron chi connectivity index (χ0n) is 13.5. The van der Waals surface area contributed by atoms with Crippen LogP contribution in [0.25, 0.3) is 12.2 Å². The molecule has 23 heavy (non-hydrogen) atoms. The summed E-state index contributed by atoms with van der Waals surface area (Å²) in [6.45, 7) is 3.97. The van der Waals surface area contributed by atoms with Crippen LogP contribution in [0.15, 0.2) is 27.5 Å². The van der Waals surface area contributed by atoms with E-state index >= 15 is 0 Å². The van der Waals surface area contributed by atoms with Crippen molar-refractivity contribution in [2.75, 3.05) is 14.2 Å². The molecule has 0 aliphatic carbocycles. The summed E-state index contributed by atoms with van der Waals surface area (Å²) in [6.07, 6.45) is 3.67. The molecule has 0 atom stereocenters. The number of hydrogen-bond acceptors (Lipinski definition) is 4. The Morgan fingerprint density at radius 3 is 2.39 bits per heavy atom. The molecule has 2 aromatic rings. The maximum atomic E-state index is 11.7. The normalized spacial score (nSPS) is 11.2. The van der Waals surface area contributed by atoms with Gasteiger partial charge in [-0.1, -0.05) is 35.9 Å². The molecule has 0 saturated heterocycles. The average molecular weight is 379 g/mol. The molecular formula is C17H19BrN2O3. The molecule has 0 saturated carbocycles. The fraction of sp³-hybridized carbons (Fsp3) is 0.294. The fourth-order valence-corrected chi connectivity index (χ4v) is 2.48. The molecule has 1 aromatic carbocycles. The van der Waals surface area contributed by atoms with Crippen LogP contribution in [-0.4, -0.2) is 24.2 Å². The second-order valence-corrected chi connectivity index (χ2v) is 6.13. The lowest BCUT2D eigenvalue weighted by molar-refractivity contribution is 0.354. The van der Waals surface area contributed by atoms with Gasteiger partial charge in [-0.2, -0.15) is 0 Å². The highest BCUT2D eigenvalue weighted by Gasteiger charge is 2.08. The minimum absolute atomic E-state index is 0.156. The molecule has 0 amide bonds. The standard InChI is InChI=1S/C17H19BrN2O3/c1-10(2)17-19-12(8-16(21)20-17)6-5-11-7-14(22-3)15(23-4)9-13(11)18/h5-10H,1-4H3,(H,19,20,21)/b6-5+. The Morgan fingerprint density at radius 2 is 1.78 bits per heavy atom. The van der Waals surface area contributed by atoms with Crippen LogP contribution in [0.4, 0.5) is 0 Å². The first-order valence-corrected chi connectivity index (χ1v) is 7.94. The summed E-state index contributed by atoms with van der Waals surface area (Å²) in [4.78, 5) is 18.9. The van der Waals surface area contributed by atoms with Gasteiger partial charge in [-0.25, -0.2) is 4.98 Å². The van der Waals surface area contributed by atoms with E-state index in [4.69, 9.17) is 9.47 Å². The zero-order chi connectivity index (χ0) is 17.0. The van der Waals surface area contributed by atoms with Crippen LogP contribution in [0.3, 0.4) is 0 Å². The Morgan fingerprint density at radius 1 is 1.13 bits per heavy atom. The quantitative estimate of drug-likeness (QED) is 0.857. The van der Waals surface area contributed by atoms with Gasteiger partial charge in [0, 0.05) is 16.5 Å². The van der Waals surface area contributed by atoms with Crippen LogP contribution >= 0.6 is 15.9 Å². The SMILES string of the molecule is COc1cc(Br)c(/C=C/c2cc(=O)[nH]c(C(C)C)n2)cc1OC. The molecule has 0 aliphatic heterocycles. The maximum absolute atomic E-state index is 11.7. The molecular weight excluding hydrogens is 360 g/mol. The first-order valence-electron chi connectivity index (χ1n) is 7.15. The van der Waals surface area contributed by atoms with Gasteiger partial charge >= 0.3 is 0 Å². The monoisotopic (exact) mass is 378 g/mol. The van der Waals surface area contributed by atoms with E-state index in [1.807, 2.05) is 32.1 Å². The van der Waals surface area contributed by atoms with Crippen molar-refractivity contribution in [2.24, 2.45) is 0 Å². The van der Waals surface area contributed by atoms with E-state index in [0.717, 1.165) is 10.0 Å². The minimum Gasteiger partial charge on any atom is -0.493 e. The van der Waals surface area contributed by atoms with E-state index in [0.29, 0.717) is 23.0 Å². The van der Waals surface area contributed by atoms with E-state index in [1.54, 1.807) is 20.3 Å². The molecule has 0 aliphatic rings. The summed E-state index contributed by atoms with van der Waals surface area (Å²) >= 11 is 3.50. The van der Waals surface area contributed by atoms with Crippen molar-refractivity contribution in [2.45, 2.75) is 19.8 Å². The number of aromatic amines is 1. The van der Waals surface area contributed by atoms with Gasteiger partial charge in [0.1, 0.15) is 5.82 Å². The van der Waals surface area contributed by atoms with E-state index in [1.165, 1.54) is 6.07 Å². The Hall–Kier alpha value is -2.08. The number of aromatic nitrogens is 2. The van der Waals surface area contributed by atoms with Gasteiger partial charge in [0.15, 0.2) is 11.5 Å². The molecule has 1 aromatic heterocycles. The number of nitrogens with one attached hydrogen (secondary N) is 1. The number of benzene rings is 1. The van der Waals surface area contributed by atoms with Crippen LogP contribution in [-0.2, 0) is 0 Å². The topological polar surface area (TPSA) is 64.2 Å². The van der Waals surface area contributed by atoms with Crippen molar-refractivity contribution >= 4 is 28.1 Å². The number of hydrogen-bond donors (Lipinski definition) is 1. The highest BCUT2D eigenvalue weighted by atomic mass is 79.9. The second-order valence-electron chi connectivity index (χ2n) is 5.27. The second kappa shape index (κ2) is 7.46. The highest BCUT2D eigenvalue weighted by Crippen LogP contribution is 2.34. The van der Waals surface area contributed by atoms with Crippen molar-refractivity contribution in [1.29, 1.82) is 0 Å². The average Bonchev–Trinajstić information content (AvgIpc) is 2.52. The molecule has 5 nitrogen and oxygen atoms in total. The van der Waals surface area contributed by atoms with Gasteiger partial charge in [-0.15, -0.1) is 0 Å². The summed E-state index contributed by atoms with van der Waals surface area (Å²) in [6, 6.07) is 5.16. The smallest absolute Gasteiger partial charge is 0.251 e. The zero-order valence-corrected chi connectivity index (χ0v) is 15.1. The van der Waals surface area contributed by atoms with Gasteiger partial charge in [-0.3, -0.25) is 4.79 Å². The molecule has 0 spiro atoms. The molecule has 0 bridgehead atoms. The molecule has 0 unspecified atom stereocenters. The third kappa shape index (κ3) is 4.22. The molecule has 6 heteroatoms. The van der Waals surface area contributed by atoms with Crippen molar-refractivity contribution < 1.29 is 9.47 Å². The summed E-state index contributed by atoms with van der Waals surface area (Å²) in [7, 11) is 3.18. The Labute approximate surface area is 143 Å². The van der Waals surface area contributed by atoms with Gasteiger partial charge in [0.25, 0.3) is 5.56 Å². The first-order chi connectivity index (χ1) is 10.9. The minimum atomic E-state index is -0.158. The predicted octanol–water partition coefficient (Wildman–Crippen LogP) is 3.84. The van der Waals surface area contributed by atoms with Gasteiger partial charge in [-0.05, 0) is 23.8 Å². The largest absolute Gasteiger partial charge is 0.493 e. The number of methoxy groups -OCH3 is 2. The molecule has 0 radical (unpaired) electrons. The van der Waals surface area contributed by atoms with Crippen LogP contribution < -0.4 is 15.0 Å². The van der Waals surface area contributed by atoms with Crippen LogP contribution in [0.1, 0.15) is 36.8 Å². The first kappa shape index (κ1) is 17.3. The summed E-state index contributed by atoms with van der Waals surface area (Å²) in [5.74, 6) is 2.11. The number of H-pyrrole nitrogens is 1. The third-order valence-electron chi connectivity index (χ3n) is 3.26. The summed E-state index contributed by atoms with van der Waals surface area (Å²) in [5, 5.41) is 0. The van der Waals surface area contributed by atoms with Crippen molar-refractivity contribution in [3.8, 4) is 11.5 Å². The van der Waals surface area contributed by atoms with Gasteiger partial charge in [0.2, 0.25) is 0 Å². The molecule has 0 fully saturated rings. The third-order valence-corrected chi connectivity index (χ3v) is 3.95. The Balaban J connectivity index is 2.39. The number of rotatable bonds is 5. The number of ether oxygens (including phenoxy) is 2. The fourth-order valence-electron chi connectivity index (χ4n) is 2.03. The van der Waals surface area contributed by atoms with E-state index in [-0.39, 0.29) is 11.5 Å². The van der Waals surface area contributed by atoms with Gasteiger partial charge in [0.05, 0.1) is 19.9 Å². The van der Waals surface area contributed by atoms with Crippen LogP contribution in [0, 0.1) is 0 Å².